The Morgan fingerprint density at radius 2 is 1.71 bits per heavy atom. The molecule has 0 N–H and O–H groups in total. The Morgan fingerprint density at radius 1 is 1.21 bits per heavy atom. The summed E-state index contributed by atoms with van der Waals surface area (Å²) in [5, 5.41) is 0. The van der Waals surface area contributed by atoms with E-state index in [0.717, 1.165) is 0 Å². The molecule has 0 fully saturated rings. The van der Waals surface area contributed by atoms with Crippen molar-refractivity contribution in [3.05, 3.63) is 36.2 Å². The van der Waals surface area contributed by atoms with Gasteiger partial charge in [0.15, 0.2) is 0 Å². The van der Waals surface area contributed by atoms with Crippen molar-refractivity contribution < 1.29 is 19.5 Å². The smallest absolute Gasteiger partial charge is 0.429 e. The maximum absolute atomic E-state index is 3.00. The van der Waals surface area contributed by atoms with Gasteiger partial charge in [0.1, 0.15) is 0 Å². The van der Waals surface area contributed by atoms with Gasteiger partial charge in [0, 0.05) is 0 Å². The third-order valence-electron chi connectivity index (χ3n) is 1.21. The summed E-state index contributed by atoms with van der Waals surface area (Å²) in [6, 6.07) is 10.9. The molecular formula is C12H19NZn. The Labute approximate surface area is 101 Å². The molecule has 1 aromatic rings. The molecule has 0 saturated carbocycles. The van der Waals surface area contributed by atoms with E-state index in [1.165, 1.54) is 11.6 Å². The van der Waals surface area contributed by atoms with Gasteiger partial charge in [0.2, 0.25) is 0 Å². The third kappa shape index (κ3) is 9.73. The first kappa shape index (κ1) is 16.1. The van der Waals surface area contributed by atoms with Crippen molar-refractivity contribution in [2.24, 2.45) is 0 Å². The normalized spacial score (nSPS) is 8.43. The predicted octanol–water partition coefficient (Wildman–Crippen LogP) is 3.17. The van der Waals surface area contributed by atoms with Crippen molar-refractivity contribution in [3.8, 4) is 0 Å². The summed E-state index contributed by atoms with van der Waals surface area (Å²) < 4.78 is 0. The minimum Gasteiger partial charge on any atom is -0.429 e. The van der Waals surface area contributed by atoms with E-state index in [2.05, 4.69) is 37.8 Å². The van der Waals surface area contributed by atoms with Crippen LogP contribution in [0.5, 0.6) is 0 Å². The largest absolute Gasteiger partial charge is 2.00 e. The first-order valence-corrected chi connectivity index (χ1v) is 4.44. The Balaban J connectivity index is 0. The number of nitrogens with zero attached hydrogens (tertiary/aromatic N) is 1. The first-order chi connectivity index (χ1) is 6.04. The van der Waals surface area contributed by atoms with Gasteiger partial charge in [-0.2, -0.15) is 45.0 Å². The molecule has 0 aliphatic rings. The van der Waals surface area contributed by atoms with Crippen LogP contribution in [0.25, 0.3) is 0 Å². The number of rotatable bonds is 1. The zero-order valence-electron chi connectivity index (χ0n) is 9.96. The second-order valence-electron chi connectivity index (χ2n) is 3.66. The molecule has 74 valence electrons. The molecule has 0 unspecified atom stereocenters. The van der Waals surface area contributed by atoms with E-state index in [1.54, 1.807) is 0 Å². The molecule has 0 bridgehead atoms. The Bertz CT molecular complexity index is 204. The van der Waals surface area contributed by atoms with Gasteiger partial charge in [-0.1, -0.05) is 5.69 Å². The molecule has 0 heterocycles. The molecule has 0 aliphatic heterocycles. The van der Waals surface area contributed by atoms with Gasteiger partial charge in [-0.15, -0.1) is 6.07 Å². The van der Waals surface area contributed by atoms with E-state index in [4.69, 9.17) is 0 Å². The molecular weight excluding hydrogens is 224 g/mol. The number of anilines is 1. The molecule has 0 aromatic heterocycles. The van der Waals surface area contributed by atoms with Crippen LogP contribution in [-0.4, -0.2) is 14.1 Å². The average Bonchev–Trinajstić information content (AvgIpc) is 2.05. The summed E-state index contributed by atoms with van der Waals surface area (Å²) in [5.74, 6) is 1.42. The Morgan fingerprint density at radius 3 is 1.93 bits per heavy atom. The number of benzene rings is 1. The molecule has 0 radical (unpaired) electrons. The van der Waals surface area contributed by atoms with Crippen molar-refractivity contribution >= 4 is 5.69 Å². The fraction of sp³-hybridized carbons (Fsp3) is 0.417. The minimum absolute atomic E-state index is 0. The summed E-state index contributed by atoms with van der Waals surface area (Å²) >= 11 is 0. The number of hydrogen-bond acceptors (Lipinski definition) is 1. The molecule has 1 aromatic carbocycles. The van der Waals surface area contributed by atoms with Gasteiger partial charge in [0.25, 0.3) is 0 Å². The fourth-order valence-corrected chi connectivity index (χ4v) is 0.662. The maximum Gasteiger partial charge on any atom is 2.00 e. The van der Waals surface area contributed by atoms with Crippen molar-refractivity contribution in [2.75, 3.05) is 19.0 Å². The summed E-state index contributed by atoms with van der Waals surface area (Å²) in [5.41, 5.74) is 1.19. The van der Waals surface area contributed by atoms with Gasteiger partial charge in [0.05, 0.1) is 0 Å². The van der Waals surface area contributed by atoms with Gasteiger partial charge in [-0.25, -0.2) is 0 Å². The van der Waals surface area contributed by atoms with Crippen molar-refractivity contribution in [2.45, 2.75) is 20.8 Å². The van der Waals surface area contributed by atoms with E-state index >= 15 is 0 Å². The number of hydrogen-bond donors (Lipinski definition) is 0. The van der Waals surface area contributed by atoms with Gasteiger partial charge >= 0.3 is 19.5 Å². The third-order valence-corrected chi connectivity index (χ3v) is 1.21. The average molecular weight is 243 g/mol. The van der Waals surface area contributed by atoms with Crippen LogP contribution in [0.2, 0.25) is 0 Å². The van der Waals surface area contributed by atoms with Gasteiger partial charge in [-0.05, 0) is 14.1 Å². The molecule has 0 spiro atoms. The monoisotopic (exact) mass is 241 g/mol. The van der Waals surface area contributed by atoms with E-state index in [0.29, 0.717) is 0 Å². The van der Waals surface area contributed by atoms with Crippen molar-refractivity contribution in [3.63, 3.8) is 0 Å². The molecule has 0 saturated heterocycles. The second kappa shape index (κ2) is 9.21. The van der Waals surface area contributed by atoms with Crippen LogP contribution in [0.3, 0.4) is 0 Å². The summed E-state index contributed by atoms with van der Waals surface area (Å²) in [6.07, 6.45) is 0. The zero-order valence-corrected chi connectivity index (χ0v) is 12.9. The molecule has 14 heavy (non-hydrogen) atoms. The topological polar surface area (TPSA) is 3.24 Å². The fourth-order valence-electron chi connectivity index (χ4n) is 0.662. The minimum atomic E-state index is 0. The zero-order chi connectivity index (χ0) is 10.3. The SMILES string of the molecule is CN(C)c1c[c-]ccc1.C[C-](C)C.[Zn+2]. The second-order valence-corrected chi connectivity index (χ2v) is 3.66. The Kier molecular flexibility index (Phi) is 10.6. The molecule has 1 nitrogen and oxygen atoms in total. The molecule has 2 heteroatoms. The van der Waals surface area contributed by atoms with Crippen LogP contribution >= 0.6 is 0 Å². The van der Waals surface area contributed by atoms with Crippen molar-refractivity contribution in [1.82, 2.24) is 0 Å². The van der Waals surface area contributed by atoms with E-state index in [1.807, 2.05) is 32.3 Å². The van der Waals surface area contributed by atoms with E-state index in [-0.39, 0.29) is 19.5 Å². The standard InChI is InChI=1S/C8H10N.C4H9.Zn/c1-9(2)8-6-4-3-5-7-8;1-4(2)3;/h3-4,6-7H,1-2H3;1-3H3;/q2*-1;+2. The van der Waals surface area contributed by atoms with Crippen LogP contribution in [0.4, 0.5) is 5.69 Å². The summed E-state index contributed by atoms with van der Waals surface area (Å²) in [4.78, 5) is 2.05. The molecule has 0 aliphatic carbocycles. The van der Waals surface area contributed by atoms with Crippen LogP contribution in [0.15, 0.2) is 24.3 Å². The first-order valence-electron chi connectivity index (χ1n) is 4.44. The summed E-state index contributed by atoms with van der Waals surface area (Å²) in [6.45, 7) is 6.25. The van der Waals surface area contributed by atoms with Crippen LogP contribution in [0.1, 0.15) is 20.8 Å². The quantitative estimate of drug-likeness (QED) is 0.540. The molecule has 0 amide bonds. The van der Waals surface area contributed by atoms with E-state index < -0.39 is 0 Å². The van der Waals surface area contributed by atoms with Gasteiger partial charge < -0.3 is 10.8 Å². The van der Waals surface area contributed by atoms with Crippen LogP contribution in [-0.2, 0) is 19.5 Å². The predicted molar refractivity (Wildman–Crippen MR) is 59.9 cm³/mol. The molecule has 1 rings (SSSR count). The molecule has 0 atom stereocenters. The van der Waals surface area contributed by atoms with E-state index in [9.17, 15) is 0 Å². The maximum atomic E-state index is 3.00. The Hall–Kier alpha value is -0.357. The summed E-state index contributed by atoms with van der Waals surface area (Å²) in [7, 11) is 4.03. The van der Waals surface area contributed by atoms with Crippen LogP contribution in [0, 0.1) is 12.0 Å². The van der Waals surface area contributed by atoms with Gasteiger partial charge in [-0.3, -0.25) is 0 Å². The van der Waals surface area contributed by atoms with Crippen molar-refractivity contribution in [1.29, 1.82) is 0 Å². The van der Waals surface area contributed by atoms with Crippen LogP contribution < -0.4 is 4.90 Å².